The fraction of sp³-hybridized carbons (Fsp3) is 0.500. The van der Waals surface area contributed by atoms with Crippen LogP contribution in [0.2, 0.25) is 0 Å². The van der Waals surface area contributed by atoms with E-state index in [0.717, 1.165) is 31.6 Å². The van der Waals surface area contributed by atoms with Gasteiger partial charge >= 0.3 is 6.03 Å². The average molecular weight is 287 g/mol. The summed E-state index contributed by atoms with van der Waals surface area (Å²) in [5.41, 5.74) is 1.55. The van der Waals surface area contributed by atoms with Gasteiger partial charge in [-0.25, -0.2) is 4.79 Å². The number of likely N-dealkylation sites (tertiary alicyclic amines) is 1. The van der Waals surface area contributed by atoms with Gasteiger partial charge in [-0.05, 0) is 37.1 Å². The minimum absolute atomic E-state index is 0.0680. The van der Waals surface area contributed by atoms with Gasteiger partial charge in [0.2, 0.25) is 0 Å². The van der Waals surface area contributed by atoms with Gasteiger partial charge in [-0.2, -0.15) is 0 Å². The van der Waals surface area contributed by atoms with E-state index in [9.17, 15) is 9.59 Å². The zero-order valence-electron chi connectivity index (χ0n) is 12.2. The Hall–Kier alpha value is -2.04. The van der Waals surface area contributed by atoms with Crippen LogP contribution < -0.4 is 10.2 Å². The lowest BCUT2D eigenvalue weighted by atomic mass is 10.1. The molecule has 0 saturated carbocycles. The van der Waals surface area contributed by atoms with E-state index in [-0.39, 0.29) is 11.9 Å². The molecule has 0 radical (unpaired) electrons. The summed E-state index contributed by atoms with van der Waals surface area (Å²) in [6, 6.07) is 7.30. The third-order valence-electron chi connectivity index (χ3n) is 4.18. The Balaban J connectivity index is 1.71. The van der Waals surface area contributed by atoms with Crippen molar-refractivity contribution in [1.29, 1.82) is 0 Å². The van der Waals surface area contributed by atoms with Gasteiger partial charge in [0, 0.05) is 37.4 Å². The number of amides is 3. The van der Waals surface area contributed by atoms with Crippen LogP contribution in [0.4, 0.5) is 10.5 Å². The van der Waals surface area contributed by atoms with Crippen LogP contribution in [0.1, 0.15) is 36.0 Å². The molecule has 1 N–H and O–H groups in total. The van der Waals surface area contributed by atoms with Crippen molar-refractivity contribution in [2.75, 3.05) is 31.1 Å². The van der Waals surface area contributed by atoms with Crippen molar-refractivity contribution in [2.24, 2.45) is 0 Å². The molecule has 2 aliphatic heterocycles. The Bertz CT molecular complexity index is 519. The number of hydrogen-bond donors (Lipinski definition) is 1. The first-order chi connectivity index (χ1) is 10.3. The largest absolute Gasteiger partial charge is 0.339 e. The van der Waals surface area contributed by atoms with Crippen LogP contribution in [0, 0.1) is 0 Å². The van der Waals surface area contributed by atoms with Crippen molar-refractivity contribution in [3.8, 4) is 0 Å². The number of hydrogen-bond acceptors (Lipinski definition) is 2. The maximum Gasteiger partial charge on any atom is 0.321 e. The summed E-state index contributed by atoms with van der Waals surface area (Å²) in [5, 5.41) is 2.78. The first-order valence-electron chi connectivity index (χ1n) is 7.70. The van der Waals surface area contributed by atoms with Gasteiger partial charge in [-0.1, -0.05) is 12.8 Å². The van der Waals surface area contributed by atoms with Crippen LogP contribution in [0.15, 0.2) is 24.3 Å². The second-order valence-electron chi connectivity index (χ2n) is 5.64. The highest BCUT2D eigenvalue weighted by Gasteiger charge is 2.22. The second-order valence-corrected chi connectivity index (χ2v) is 5.64. The Morgan fingerprint density at radius 1 is 0.952 bits per heavy atom. The topological polar surface area (TPSA) is 52.7 Å². The minimum atomic E-state index is -0.0680. The average Bonchev–Trinajstić information content (AvgIpc) is 2.78. The quantitative estimate of drug-likeness (QED) is 0.907. The molecule has 2 saturated heterocycles. The summed E-state index contributed by atoms with van der Waals surface area (Å²) in [5.74, 6) is 0.106. The van der Waals surface area contributed by atoms with E-state index in [1.165, 1.54) is 12.8 Å². The molecule has 0 bridgehead atoms. The molecule has 3 amide bonds. The number of urea groups is 1. The molecule has 21 heavy (non-hydrogen) atoms. The summed E-state index contributed by atoms with van der Waals surface area (Å²) < 4.78 is 0. The molecule has 2 heterocycles. The molecular weight excluding hydrogens is 266 g/mol. The molecule has 3 rings (SSSR count). The van der Waals surface area contributed by atoms with Crippen molar-refractivity contribution < 1.29 is 9.59 Å². The number of nitrogens with zero attached hydrogens (tertiary/aromatic N) is 2. The highest BCUT2D eigenvalue weighted by Crippen LogP contribution is 2.19. The van der Waals surface area contributed by atoms with Gasteiger partial charge in [-0.3, -0.25) is 9.69 Å². The summed E-state index contributed by atoms with van der Waals surface area (Å²) in [6.07, 6.45) is 4.62. The molecule has 0 aromatic heterocycles. The van der Waals surface area contributed by atoms with Crippen LogP contribution in [0.5, 0.6) is 0 Å². The lowest BCUT2D eigenvalue weighted by molar-refractivity contribution is 0.0761. The van der Waals surface area contributed by atoms with Crippen molar-refractivity contribution in [3.05, 3.63) is 29.8 Å². The van der Waals surface area contributed by atoms with E-state index in [2.05, 4.69) is 5.32 Å². The molecule has 0 atom stereocenters. The Morgan fingerprint density at radius 3 is 2.19 bits per heavy atom. The molecule has 0 spiro atoms. The van der Waals surface area contributed by atoms with E-state index in [1.54, 1.807) is 4.90 Å². The van der Waals surface area contributed by atoms with E-state index in [0.29, 0.717) is 18.7 Å². The first kappa shape index (κ1) is 13.9. The zero-order chi connectivity index (χ0) is 14.7. The van der Waals surface area contributed by atoms with Crippen molar-refractivity contribution in [1.82, 2.24) is 10.2 Å². The van der Waals surface area contributed by atoms with Gasteiger partial charge in [0.1, 0.15) is 0 Å². The molecule has 0 aliphatic carbocycles. The first-order valence-corrected chi connectivity index (χ1v) is 7.70. The second kappa shape index (κ2) is 6.16. The summed E-state index contributed by atoms with van der Waals surface area (Å²) in [4.78, 5) is 27.7. The highest BCUT2D eigenvalue weighted by molar-refractivity contribution is 5.97. The van der Waals surface area contributed by atoms with Gasteiger partial charge in [0.15, 0.2) is 0 Å². The van der Waals surface area contributed by atoms with Gasteiger partial charge in [0.25, 0.3) is 5.91 Å². The highest BCUT2D eigenvalue weighted by atomic mass is 16.2. The molecular formula is C16H21N3O2. The molecule has 1 aromatic rings. The number of nitrogens with one attached hydrogen (secondary N) is 1. The number of carbonyl (C=O) groups is 2. The normalized spacial score (nSPS) is 19.3. The number of carbonyl (C=O) groups excluding carboxylic acids is 2. The van der Waals surface area contributed by atoms with Crippen LogP contribution in [-0.4, -0.2) is 43.0 Å². The zero-order valence-corrected chi connectivity index (χ0v) is 12.2. The van der Waals surface area contributed by atoms with Crippen molar-refractivity contribution >= 4 is 17.6 Å². The SMILES string of the molecule is O=C(c1ccc(N2CCNC2=O)cc1)N1CCCCCC1. The summed E-state index contributed by atoms with van der Waals surface area (Å²) >= 11 is 0. The smallest absolute Gasteiger partial charge is 0.321 e. The maximum atomic E-state index is 12.5. The van der Waals surface area contributed by atoms with Gasteiger partial charge in [0.05, 0.1) is 0 Å². The lowest BCUT2D eigenvalue weighted by Crippen LogP contribution is -2.32. The molecule has 0 unspecified atom stereocenters. The van der Waals surface area contributed by atoms with Crippen LogP contribution in [-0.2, 0) is 0 Å². The van der Waals surface area contributed by atoms with Crippen LogP contribution >= 0.6 is 0 Å². The minimum Gasteiger partial charge on any atom is -0.339 e. The predicted molar refractivity (Wildman–Crippen MR) is 81.6 cm³/mol. The van der Waals surface area contributed by atoms with E-state index in [4.69, 9.17) is 0 Å². The third-order valence-corrected chi connectivity index (χ3v) is 4.18. The summed E-state index contributed by atoms with van der Waals surface area (Å²) in [7, 11) is 0. The van der Waals surface area contributed by atoms with E-state index in [1.807, 2.05) is 29.2 Å². The molecule has 2 aliphatic rings. The molecule has 5 nitrogen and oxygen atoms in total. The Labute approximate surface area is 124 Å². The standard InChI is InChI=1S/C16H21N3O2/c20-15(18-10-3-1-2-4-11-18)13-5-7-14(8-6-13)19-12-9-17-16(19)21/h5-8H,1-4,9-12H2,(H,17,21). The monoisotopic (exact) mass is 287 g/mol. The van der Waals surface area contributed by atoms with Crippen molar-refractivity contribution in [2.45, 2.75) is 25.7 Å². The molecule has 112 valence electrons. The number of benzene rings is 1. The fourth-order valence-corrected chi connectivity index (χ4v) is 2.96. The Kier molecular flexibility index (Phi) is 4.08. The third kappa shape index (κ3) is 3.01. The number of rotatable bonds is 2. The Morgan fingerprint density at radius 2 is 1.62 bits per heavy atom. The van der Waals surface area contributed by atoms with Crippen LogP contribution in [0.25, 0.3) is 0 Å². The van der Waals surface area contributed by atoms with Gasteiger partial charge in [-0.15, -0.1) is 0 Å². The molecule has 2 fully saturated rings. The van der Waals surface area contributed by atoms with E-state index < -0.39 is 0 Å². The fourth-order valence-electron chi connectivity index (χ4n) is 2.96. The number of anilines is 1. The summed E-state index contributed by atoms with van der Waals surface area (Å²) in [6.45, 7) is 3.07. The molecule has 5 heteroatoms. The molecule has 1 aromatic carbocycles. The maximum absolute atomic E-state index is 12.5. The van der Waals surface area contributed by atoms with E-state index >= 15 is 0 Å². The lowest BCUT2D eigenvalue weighted by Gasteiger charge is -2.21. The van der Waals surface area contributed by atoms with Gasteiger partial charge < -0.3 is 10.2 Å². The predicted octanol–water partition coefficient (Wildman–Crippen LogP) is 2.23. The van der Waals surface area contributed by atoms with Crippen LogP contribution in [0.3, 0.4) is 0 Å². The van der Waals surface area contributed by atoms with Crippen molar-refractivity contribution in [3.63, 3.8) is 0 Å².